The van der Waals surface area contributed by atoms with Crippen molar-refractivity contribution in [1.82, 2.24) is 10.5 Å². The minimum absolute atomic E-state index is 0.712. The fraction of sp³-hybridized carbons (Fsp3) is 0.200. The van der Waals surface area contributed by atoms with Gasteiger partial charge in [0.2, 0.25) is 0 Å². The molecule has 0 aliphatic heterocycles. The Kier molecular flexibility index (Phi) is 2.86. The SMILES string of the molecule is CONCc1ccc2[nH]cc(Br)c2c1. The summed E-state index contributed by atoms with van der Waals surface area (Å²) in [6.07, 6.45) is 1.94. The van der Waals surface area contributed by atoms with Crippen LogP contribution in [-0.2, 0) is 11.4 Å². The first-order valence-corrected chi connectivity index (χ1v) is 5.12. The summed E-state index contributed by atoms with van der Waals surface area (Å²) in [5, 5.41) is 1.19. The van der Waals surface area contributed by atoms with Gasteiger partial charge < -0.3 is 9.82 Å². The lowest BCUT2D eigenvalue weighted by Crippen LogP contribution is -2.10. The number of hydroxylamine groups is 1. The van der Waals surface area contributed by atoms with Crippen LogP contribution < -0.4 is 5.48 Å². The Morgan fingerprint density at radius 3 is 3.14 bits per heavy atom. The largest absolute Gasteiger partial charge is 0.360 e. The number of aromatic amines is 1. The highest BCUT2D eigenvalue weighted by Gasteiger charge is 2.01. The van der Waals surface area contributed by atoms with Gasteiger partial charge in [-0.05, 0) is 33.6 Å². The van der Waals surface area contributed by atoms with Gasteiger partial charge in [-0.3, -0.25) is 0 Å². The van der Waals surface area contributed by atoms with Gasteiger partial charge in [0.15, 0.2) is 0 Å². The van der Waals surface area contributed by atoms with Crippen molar-refractivity contribution in [3.8, 4) is 0 Å². The quantitative estimate of drug-likeness (QED) is 0.827. The monoisotopic (exact) mass is 254 g/mol. The van der Waals surface area contributed by atoms with Crippen LogP contribution in [0.5, 0.6) is 0 Å². The lowest BCUT2D eigenvalue weighted by Gasteiger charge is -2.02. The molecule has 0 fully saturated rings. The number of rotatable bonds is 3. The highest BCUT2D eigenvalue weighted by Crippen LogP contribution is 2.24. The second kappa shape index (κ2) is 4.13. The van der Waals surface area contributed by atoms with Crippen LogP contribution in [0.25, 0.3) is 10.9 Å². The second-order valence-electron chi connectivity index (χ2n) is 3.04. The summed E-state index contributed by atoms with van der Waals surface area (Å²) < 4.78 is 1.09. The smallest absolute Gasteiger partial charge is 0.0572 e. The van der Waals surface area contributed by atoms with Gasteiger partial charge in [-0.15, -0.1) is 0 Å². The lowest BCUT2D eigenvalue weighted by atomic mass is 10.1. The summed E-state index contributed by atoms with van der Waals surface area (Å²) in [6.45, 7) is 0.712. The van der Waals surface area contributed by atoms with Crippen molar-refractivity contribution >= 4 is 26.8 Å². The molecule has 1 aromatic carbocycles. The van der Waals surface area contributed by atoms with E-state index in [4.69, 9.17) is 4.84 Å². The Morgan fingerprint density at radius 2 is 2.36 bits per heavy atom. The molecule has 0 aliphatic carbocycles. The molecule has 2 N–H and O–H groups in total. The zero-order valence-electron chi connectivity index (χ0n) is 7.80. The van der Waals surface area contributed by atoms with Crippen molar-refractivity contribution in [2.45, 2.75) is 6.54 Å². The molecular weight excluding hydrogens is 244 g/mol. The Balaban J connectivity index is 2.34. The first-order valence-electron chi connectivity index (χ1n) is 4.32. The van der Waals surface area contributed by atoms with E-state index in [2.05, 4.69) is 44.6 Å². The normalized spacial score (nSPS) is 11.0. The van der Waals surface area contributed by atoms with Crippen LogP contribution in [0.15, 0.2) is 28.9 Å². The minimum Gasteiger partial charge on any atom is -0.360 e. The average Bonchev–Trinajstić information content (AvgIpc) is 2.57. The number of hydrogen-bond donors (Lipinski definition) is 2. The van der Waals surface area contributed by atoms with Crippen molar-refractivity contribution in [2.24, 2.45) is 0 Å². The predicted octanol–water partition coefficient (Wildman–Crippen LogP) is 2.58. The molecule has 2 rings (SSSR count). The van der Waals surface area contributed by atoms with Gasteiger partial charge in [0, 0.05) is 28.1 Å². The van der Waals surface area contributed by atoms with E-state index in [0.717, 1.165) is 9.99 Å². The summed E-state index contributed by atoms with van der Waals surface area (Å²) in [5.74, 6) is 0. The number of H-pyrrole nitrogens is 1. The van der Waals surface area contributed by atoms with Crippen molar-refractivity contribution in [1.29, 1.82) is 0 Å². The predicted molar refractivity (Wildman–Crippen MR) is 59.8 cm³/mol. The highest BCUT2D eigenvalue weighted by atomic mass is 79.9. The first kappa shape index (κ1) is 9.71. The molecule has 0 saturated carbocycles. The summed E-state index contributed by atoms with van der Waals surface area (Å²) in [5.41, 5.74) is 5.15. The van der Waals surface area contributed by atoms with Gasteiger partial charge in [-0.25, -0.2) is 0 Å². The molecule has 4 heteroatoms. The van der Waals surface area contributed by atoms with Gasteiger partial charge in [-0.2, -0.15) is 5.48 Å². The second-order valence-corrected chi connectivity index (χ2v) is 3.90. The van der Waals surface area contributed by atoms with E-state index in [1.54, 1.807) is 7.11 Å². The topological polar surface area (TPSA) is 37.0 Å². The van der Waals surface area contributed by atoms with Gasteiger partial charge in [0.1, 0.15) is 0 Å². The maximum absolute atomic E-state index is 4.80. The van der Waals surface area contributed by atoms with Crippen molar-refractivity contribution < 1.29 is 4.84 Å². The first-order chi connectivity index (χ1) is 6.81. The van der Waals surface area contributed by atoms with Crippen LogP contribution in [0.3, 0.4) is 0 Å². The van der Waals surface area contributed by atoms with E-state index in [1.165, 1.54) is 10.9 Å². The number of fused-ring (bicyclic) bond motifs is 1. The van der Waals surface area contributed by atoms with E-state index >= 15 is 0 Å². The molecule has 0 spiro atoms. The van der Waals surface area contributed by atoms with E-state index in [9.17, 15) is 0 Å². The molecule has 14 heavy (non-hydrogen) atoms. The average molecular weight is 255 g/mol. The van der Waals surface area contributed by atoms with E-state index in [-0.39, 0.29) is 0 Å². The summed E-state index contributed by atoms with van der Waals surface area (Å²) in [6, 6.07) is 6.26. The summed E-state index contributed by atoms with van der Waals surface area (Å²) in [7, 11) is 1.62. The molecule has 0 bridgehead atoms. The van der Waals surface area contributed by atoms with Gasteiger partial charge in [0.05, 0.1) is 7.11 Å². The van der Waals surface area contributed by atoms with E-state index < -0.39 is 0 Å². The van der Waals surface area contributed by atoms with Crippen molar-refractivity contribution in [2.75, 3.05) is 7.11 Å². The Morgan fingerprint density at radius 1 is 1.50 bits per heavy atom. The van der Waals surface area contributed by atoms with Gasteiger partial charge >= 0.3 is 0 Å². The zero-order chi connectivity index (χ0) is 9.97. The Bertz CT molecular complexity index is 439. The van der Waals surface area contributed by atoms with E-state index in [0.29, 0.717) is 6.54 Å². The van der Waals surface area contributed by atoms with Gasteiger partial charge in [-0.1, -0.05) is 6.07 Å². The molecular formula is C10H11BrN2O. The standard InChI is InChI=1S/C10H11BrN2O/c1-14-13-5-7-2-3-10-8(4-7)9(11)6-12-10/h2-4,6,12-13H,5H2,1H3. The van der Waals surface area contributed by atoms with Gasteiger partial charge in [0.25, 0.3) is 0 Å². The van der Waals surface area contributed by atoms with Crippen LogP contribution >= 0.6 is 15.9 Å². The molecule has 1 heterocycles. The third-order valence-electron chi connectivity index (χ3n) is 2.12. The summed E-state index contributed by atoms with van der Waals surface area (Å²) in [4.78, 5) is 7.97. The molecule has 1 aromatic heterocycles. The minimum atomic E-state index is 0.712. The maximum Gasteiger partial charge on any atom is 0.0572 e. The Hall–Kier alpha value is -0.840. The third kappa shape index (κ3) is 1.82. The molecule has 2 aromatic rings. The maximum atomic E-state index is 4.80. The molecule has 0 unspecified atom stereocenters. The molecule has 3 nitrogen and oxygen atoms in total. The third-order valence-corrected chi connectivity index (χ3v) is 2.77. The molecule has 0 saturated heterocycles. The molecule has 0 amide bonds. The summed E-state index contributed by atoms with van der Waals surface area (Å²) >= 11 is 3.49. The van der Waals surface area contributed by atoms with Crippen LogP contribution in [-0.4, -0.2) is 12.1 Å². The fourth-order valence-corrected chi connectivity index (χ4v) is 1.84. The fourth-order valence-electron chi connectivity index (χ4n) is 1.40. The lowest BCUT2D eigenvalue weighted by molar-refractivity contribution is 0.0867. The van der Waals surface area contributed by atoms with Crippen LogP contribution in [0, 0.1) is 0 Å². The zero-order valence-corrected chi connectivity index (χ0v) is 9.39. The Labute approximate surface area is 90.5 Å². The number of aromatic nitrogens is 1. The molecule has 0 atom stereocenters. The van der Waals surface area contributed by atoms with Crippen LogP contribution in [0.1, 0.15) is 5.56 Å². The highest BCUT2D eigenvalue weighted by molar-refractivity contribution is 9.10. The van der Waals surface area contributed by atoms with Crippen molar-refractivity contribution in [3.63, 3.8) is 0 Å². The van der Waals surface area contributed by atoms with Crippen molar-refractivity contribution in [3.05, 3.63) is 34.4 Å². The molecule has 74 valence electrons. The molecule has 0 aliphatic rings. The number of nitrogens with one attached hydrogen (secondary N) is 2. The molecule has 0 radical (unpaired) electrons. The number of halogens is 1. The number of benzene rings is 1. The van der Waals surface area contributed by atoms with Crippen LogP contribution in [0.4, 0.5) is 0 Å². The van der Waals surface area contributed by atoms with E-state index in [1.807, 2.05) is 6.20 Å². The van der Waals surface area contributed by atoms with Crippen LogP contribution in [0.2, 0.25) is 0 Å². The number of hydrogen-bond acceptors (Lipinski definition) is 2.